The molecular weight excluding hydrogens is 274 g/mol. The number of benzene rings is 1. The number of thiazole rings is 1. The number of rotatable bonds is 4. The first-order chi connectivity index (χ1) is 8.69. The Morgan fingerprint density at radius 2 is 2.17 bits per heavy atom. The molecule has 0 spiro atoms. The molecule has 0 bridgehead atoms. The topological polar surface area (TPSA) is 77.6 Å². The van der Waals surface area contributed by atoms with Crippen LogP contribution in [0.5, 0.6) is 5.75 Å². The third-order valence-electron chi connectivity index (χ3n) is 1.92. The average Bonchev–Trinajstić information content (AvgIpc) is 2.79. The van der Waals surface area contributed by atoms with E-state index in [1.165, 1.54) is 11.3 Å². The van der Waals surface area contributed by atoms with Crippen LogP contribution in [0.4, 0.5) is 5.13 Å². The number of hydrogen-bond donors (Lipinski definition) is 1. The van der Waals surface area contributed by atoms with Crippen molar-refractivity contribution in [3.8, 4) is 5.75 Å². The summed E-state index contributed by atoms with van der Waals surface area (Å²) in [5, 5.41) is 6.20. The molecule has 0 aliphatic carbocycles. The summed E-state index contributed by atoms with van der Waals surface area (Å²) in [7, 11) is 0. The fraction of sp³-hybridized carbons (Fsp3) is 0. The third kappa shape index (κ3) is 3.06. The lowest BCUT2D eigenvalue weighted by Crippen LogP contribution is -2.05. The normalized spacial score (nSPS) is 11.3. The lowest BCUT2D eigenvalue weighted by Gasteiger charge is -1.98. The lowest BCUT2D eigenvalue weighted by atomic mass is 10.3. The van der Waals surface area contributed by atoms with Crippen LogP contribution >= 0.6 is 22.9 Å². The van der Waals surface area contributed by atoms with Crippen LogP contribution in [-0.4, -0.2) is 17.0 Å². The van der Waals surface area contributed by atoms with Crippen molar-refractivity contribution in [3.63, 3.8) is 0 Å². The van der Waals surface area contributed by atoms with Crippen LogP contribution in [0.2, 0.25) is 5.02 Å². The van der Waals surface area contributed by atoms with Gasteiger partial charge in [-0.1, -0.05) is 16.8 Å². The molecule has 0 aliphatic heterocycles. The third-order valence-corrected chi connectivity index (χ3v) is 2.84. The molecule has 5 nitrogen and oxygen atoms in total. The molecule has 2 N–H and O–H groups in total. The second-order valence-corrected chi connectivity index (χ2v) is 4.48. The van der Waals surface area contributed by atoms with Gasteiger partial charge in [0.25, 0.3) is 6.29 Å². The van der Waals surface area contributed by atoms with Crippen LogP contribution in [0, 0.1) is 0 Å². The molecule has 1 radical (unpaired) electrons. The maximum atomic E-state index is 10.8. The minimum atomic E-state index is -0.0436. The van der Waals surface area contributed by atoms with Gasteiger partial charge in [0, 0.05) is 10.4 Å². The fourth-order valence-corrected chi connectivity index (χ4v) is 1.78. The smallest absolute Gasteiger partial charge is 0.259 e. The maximum Gasteiger partial charge on any atom is 0.259 e. The Bertz CT molecular complexity index is 580. The number of aromatic nitrogens is 1. The Morgan fingerprint density at radius 3 is 2.72 bits per heavy atom. The fourth-order valence-electron chi connectivity index (χ4n) is 1.11. The minimum Gasteiger partial charge on any atom is -0.375 e. The summed E-state index contributed by atoms with van der Waals surface area (Å²) in [5.74, 6) is 0.454. The van der Waals surface area contributed by atoms with Crippen molar-refractivity contribution in [2.75, 3.05) is 5.73 Å². The second-order valence-electron chi connectivity index (χ2n) is 3.16. The Morgan fingerprint density at radius 1 is 1.44 bits per heavy atom. The van der Waals surface area contributed by atoms with E-state index in [-0.39, 0.29) is 5.71 Å². The second kappa shape index (κ2) is 5.61. The Kier molecular flexibility index (Phi) is 3.91. The highest BCUT2D eigenvalue weighted by Gasteiger charge is 2.08. The van der Waals surface area contributed by atoms with E-state index in [1.807, 2.05) is 0 Å². The highest BCUT2D eigenvalue weighted by molar-refractivity contribution is 7.13. The van der Waals surface area contributed by atoms with E-state index in [0.29, 0.717) is 21.6 Å². The predicted octanol–water partition coefficient (Wildman–Crippen LogP) is 2.27. The van der Waals surface area contributed by atoms with Crippen molar-refractivity contribution in [2.45, 2.75) is 0 Å². The number of carbonyl (C=O) groups excluding carboxylic acids is 1. The molecule has 1 heterocycles. The van der Waals surface area contributed by atoms with E-state index in [2.05, 4.69) is 10.1 Å². The van der Waals surface area contributed by atoms with Gasteiger partial charge < -0.3 is 10.6 Å². The van der Waals surface area contributed by atoms with Crippen molar-refractivity contribution in [3.05, 3.63) is 40.4 Å². The van der Waals surface area contributed by atoms with Crippen LogP contribution in [-0.2, 0) is 4.79 Å². The van der Waals surface area contributed by atoms with Gasteiger partial charge in [0.1, 0.15) is 5.69 Å². The molecule has 0 atom stereocenters. The first-order valence-corrected chi connectivity index (χ1v) is 6.05. The van der Waals surface area contributed by atoms with Crippen LogP contribution in [0.1, 0.15) is 5.69 Å². The molecule has 7 heteroatoms. The van der Waals surface area contributed by atoms with Crippen molar-refractivity contribution in [1.82, 2.24) is 4.98 Å². The van der Waals surface area contributed by atoms with Crippen LogP contribution < -0.4 is 10.6 Å². The lowest BCUT2D eigenvalue weighted by molar-refractivity contribution is 0.342. The summed E-state index contributed by atoms with van der Waals surface area (Å²) < 4.78 is 0. The molecule has 1 aromatic carbocycles. The van der Waals surface area contributed by atoms with Gasteiger partial charge in [0.2, 0.25) is 0 Å². The summed E-state index contributed by atoms with van der Waals surface area (Å²) in [5.41, 5.74) is 5.75. The molecule has 0 unspecified atom stereocenters. The summed E-state index contributed by atoms with van der Waals surface area (Å²) >= 11 is 6.93. The average molecular weight is 281 g/mol. The number of nitrogen functional groups attached to an aromatic ring is 1. The van der Waals surface area contributed by atoms with E-state index in [9.17, 15) is 4.79 Å². The SMILES string of the molecule is Nc1nc(/C([C]=O)=N/Oc2ccc(Cl)cc2)cs1. The van der Waals surface area contributed by atoms with E-state index in [0.717, 1.165) is 0 Å². The zero-order valence-electron chi connectivity index (χ0n) is 8.96. The Hall–Kier alpha value is -1.92. The maximum absolute atomic E-state index is 10.8. The zero-order chi connectivity index (χ0) is 13.0. The number of anilines is 1. The van der Waals surface area contributed by atoms with Crippen molar-refractivity contribution in [1.29, 1.82) is 0 Å². The molecule has 0 aliphatic rings. The Labute approximate surface area is 112 Å². The number of nitrogens with two attached hydrogens (primary N) is 1. The van der Waals surface area contributed by atoms with E-state index in [4.69, 9.17) is 22.2 Å². The predicted molar refractivity (Wildman–Crippen MR) is 70.8 cm³/mol. The van der Waals surface area contributed by atoms with Crippen molar-refractivity contribution < 1.29 is 9.63 Å². The van der Waals surface area contributed by atoms with Gasteiger partial charge in [-0.05, 0) is 24.3 Å². The summed E-state index contributed by atoms with van der Waals surface area (Å²) in [6.07, 6.45) is 1.65. The van der Waals surface area contributed by atoms with Gasteiger partial charge in [-0.15, -0.1) is 11.3 Å². The van der Waals surface area contributed by atoms with Gasteiger partial charge in [-0.3, -0.25) is 4.79 Å². The first-order valence-electron chi connectivity index (χ1n) is 4.79. The first kappa shape index (κ1) is 12.5. The monoisotopic (exact) mass is 280 g/mol. The van der Waals surface area contributed by atoms with Crippen molar-refractivity contribution in [2.24, 2.45) is 5.16 Å². The molecule has 18 heavy (non-hydrogen) atoms. The molecule has 0 saturated carbocycles. The zero-order valence-corrected chi connectivity index (χ0v) is 10.5. The number of oxime groups is 1. The molecule has 2 aromatic rings. The summed E-state index contributed by atoms with van der Waals surface area (Å²) in [6, 6.07) is 6.56. The number of nitrogens with zero attached hydrogens (tertiary/aromatic N) is 2. The van der Waals surface area contributed by atoms with Gasteiger partial charge in [0.05, 0.1) is 0 Å². The van der Waals surface area contributed by atoms with Gasteiger partial charge >= 0.3 is 0 Å². The molecule has 0 amide bonds. The highest BCUT2D eigenvalue weighted by atomic mass is 35.5. The molecular formula is C11H7ClN3O2S. The molecule has 0 saturated heterocycles. The van der Waals surface area contributed by atoms with Crippen LogP contribution in [0.3, 0.4) is 0 Å². The quantitative estimate of drug-likeness (QED) is 0.688. The van der Waals surface area contributed by atoms with Gasteiger partial charge in [-0.2, -0.15) is 0 Å². The van der Waals surface area contributed by atoms with Gasteiger partial charge in [-0.25, -0.2) is 4.98 Å². The van der Waals surface area contributed by atoms with Crippen LogP contribution in [0.15, 0.2) is 34.8 Å². The molecule has 0 fully saturated rings. The van der Waals surface area contributed by atoms with E-state index < -0.39 is 0 Å². The Balaban J connectivity index is 2.15. The summed E-state index contributed by atoms with van der Waals surface area (Å²) in [6.45, 7) is 0. The van der Waals surface area contributed by atoms with Crippen LogP contribution in [0.25, 0.3) is 0 Å². The number of hydrogen-bond acceptors (Lipinski definition) is 6. The molecule has 91 valence electrons. The van der Waals surface area contributed by atoms with E-state index >= 15 is 0 Å². The largest absolute Gasteiger partial charge is 0.375 e. The number of halogens is 1. The van der Waals surface area contributed by atoms with Crippen molar-refractivity contribution >= 4 is 40.1 Å². The molecule has 2 rings (SSSR count). The summed E-state index contributed by atoms with van der Waals surface area (Å²) in [4.78, 5) is 19.7. The minimum absolute atomic E-state index is 0.0436. The van der Waals surface area contributed by atoms with Gasteiger partial charge in [0.15, 0.2) is 16.6 Å². The highest BCUT2D eigenvalue weighted by Crippen LogP contribution is 2.16. The molecule has 1 aromatic heterocycles. The van der Waals surface area contributed by atoms with E-state index in [1.54, 1.807) is 35.9 Å². The standard InChI is InChI=1S/C11H7ClN3O2S/c12-7-1-3-8(4-2-7)17-15-9(5-16)10-6-18-11(13)14-10/h1-4,6H,(H2,13,14)/b15-9+.